The van der Waals surface area contributed by atoms with Gasteiger partial charge in [-0.1, -0.05) is 37.3 Å². The summed E-state index contributed by atoms with van der Waals surface area (Å²) in [6, 6.07) is 10.2. The third-order valence-electron chi connectivity index (χ3n) is 3.42. The lowest BCUT2D eigenvalue weighted by molar-refractivity contribution is -0.124. The Labute approximate surface area is 114 Å². The Morgan fingerprint density at radius 1 is 1.32 bits per heavy atom. The minimum Gasteiger partial charge on any atom is -0.379 e. The second-order valence-corrected chi connectivity index (χ2v) is 4.83. The topological polar surface area (TPSA) is 41.6 Å². The van der Waals surface area contributed by atoms with E-state index in [0.717, 1.165) is 32.7 Å². The summed E-state index contributed by atoms with van der Waals surface area (Å²) < 4.78 is 5.28. The van der Waals surface area contributed by atoms with Crippen molar-refractivity contribution >= 4 is 5.91 Å². The maximum absolute atomic E-state index is 12.1. The van der Waals surface area contributed by atoms with E-state index < -0.39 is 0 Å². The molecule has 1 atom stereocenters. The Hall–Kier alpha value is -1.39. The van der Waals surface area contributed by atoms with Crippen LogP contribution in [0.25, 0.3) is 0 Å². The fraction of sp³-hybridized carbons (Fsp3) is 0.533. The highest BCUT2D eigenvalue weighted by molar-refractivity contribution is 5.78. The summed E-state index contributed by atoms with van der Waals surface area (Å²) in [5, 5.41) is 3.11. The van der Waals surface area contributed by atoms with E-state index in [9.17, 15) is 4.79 Å². The van der Waals surface area contributed by atoms with E-state index in [-0.39, 0.29) is 11.9 Å². The van der Waals surface area contributed by atoms with E-state index in [0.29, 0.717) is 6.54 Å². The van der Waals surface area contributed by atoms with E-state index in [1.165, 1.54) is 5.56 Å². The molecule has 1 N–H and O–H groups in total. The van der Waals surface area contributed by atoms with Gasteiger partial charge in [-0.05, 0) is 12.0 Å². The van der Waals surface area contributed by atoms with Crippen molar-refractivity contribution in [2.24, 2.45) is 0 Å². The Morgan fingerprint density at radius 2 is 2.00 bits per heavy atom. The van der Waals surface area contributed by atoms with Gasteiger partial charge in [0.25, 0.3) is 0 Å². The van der Waals surface area contributed by atoms with Crippen LogP contribution >= 0.6 is 0 Å². The van der Waals surface area contributed by atoms with Gasteiger partial charge in [-0.15, -0.1) is 0 Å². The van der Waals surface area contributed by atoms with Gasteiger partial charge in [-0.25, -0.2) is 0 Å². The number of amides is 1. The lowest BCUT2D eigenvalue weighted by Gasteiger charge is -2.27. The number of ether oxygens (including phenoxy) is 1. The predicted octanol–water partition coefficient (Wildman–Crippen LogP) is 1.59. The maximum Gasteiger partial charge on any atom is 0.234 e. The number of hydrogen-bond acceptors (Lipinski definition) is 3. The summed E-state index contributed by atoms with van der Waals surface area (Å²) in [4.78, 5) is 14.2. The van der Waals surface area contributed by atoms with Crippen LogP contribution in [0.2, 0.25) is 0 Å². The van der Waals surface area contributed by atoms with Crippen LogP contribution in [0.15, 0.2) is 30.3 Å². The first kappa shape index (κ1) is 14.0. The lowest BCUT2D eigenvalue weighted by Crippen LogP contribution is -2.43. The molecular weight excluding hydrogens is 240 g/mol. The molecule has 4 heteroatoms. The zero-order chi connectivity index (χ0) is 13.5. The van der Waals surface area contributed by atoms with Crippen molar-refractivity contribution < 1.29 is 9.53 Å². The third-order valence-corrected chi connectivity index (χ3v) is 3.42. The van der Waals surface area contributed by atoms with E-state index in [4.69, 9.17) is 4.74 Å². The molecule has 1 aromatic carbocycles. The van der Waals surface area contributed by atoms with Gasteiger partial charge in [0.15, 0.2) is 0 Å². The van der Waals surface area contributed by atoms with Gasteiger partial charge >= 0.3 is 0 Å². The molecule has 1 fully saturated rings. The van der Waals surface area contributed by atoms with Crippen molar-refractivity contribution in [1.82, 2.24) is 10.2 Å². The number of morpholine rings is 1. The molecule has 0 spiro atoms. The van der Waals surface area contributed by atoms with Crippen LogP contribution in [0.4, 0.5) is 0 Å². The number of nitrogens with zero attached hydrogens (tertiary/aromatic N) is 1. The van der Waals surface area contributed by atoms with Crippen LogP contribution < -0.4 is 5.32 Å². The van der Waals surface area contributed by atoms with Crippen LogP contribution in [0.1, 0.15) is 24.9 Å². The van der Waals surface area contributed by atoms with Gasteiger partial charge in [0.1, 0.15) is 0 Å². The summed E-state index contributed by atoms with van der Waals surface area (Å²) in [5.74, 6) is 0.0950. The summed E-state index contributed by atoms with van der Waals surface area (Å²) >= 11 is 0. The molecule has 1 aliphatic rings. The molecule has 19 heavy (non-hydrogen) atoms. The Kier molecular flexibility index (Phi) is 5.36. The molecule has 1 aliphatic heterocycles. The van der Waals surface area contributed by atoms with Crippen molar-refractivity contribution in [1.29, 1.82) is 0 Å². The quantitative estimate of drug-likeness (QED) is 0.876. The number of nitrogens with one attached hydrogen (secondary N) is 1. The van der Waals surface area contributed by atoms with Gasteiger partial charge < -0.3 is 10.1 Å². The summed E-state index contributed by atoms with van der Waals surface area (Å²) in [7, 11) is 0. The largest absolute Gasteiger partial charge is 0.379 e. The van der Waals surface area contributed by atoms with Crippen LogP contribution in [0, 0.1) is 0 Å². The van der Waals surface area contributed by atoms with E-state index in [1.807, 2.05) is 18.2 Å². The van der Waals surface area contributed by atoms with Crippen molar-refractivity contribution in [3.63, 3.8) is 0 Å². The second-order valence-electron chi connectivity index (χ2n) is 4.83. The van der Waals surface area contributed by atoms with E-state index in [1.54, 1.807) is 0 Å². The first-order valence-electron chi connectivity index (χ1n) is 6.94. The molecule has 0 aliphatic carbocycles. The van der Waals surface area contributed by atoms with Crippen LogP contribution in [0.5, 0.6) is 0 Å². The molecule has 1 amide bonds. The highest BCUT2D eigenvalue weighted by atomic mass is 16.5. The normalized spacial score (nSPS) is 17.9. The molecule has 1 heterocycles. The Morgan fingerprint density at radius 3 is 2.63 bits per heavy atom. The van der Waals surface area contributed by atoms with Crippen molar-refractivity contribution in [2.45, 2.75) is 19.4 Å². The minimum atomic E-state index is 0.0950. The zero-order valence-electron chi connectivity index (χ0n) is 11.5. The molecule has 0 saturated carbocycles. The Bertz CT molecular complexity index is 388. The molecule has 0 bridgehead atoms. The lowest BCUT2D eigenvalue weighted by atomic mass is 10.0. The number of rotatable bonds is 5. The summed E-state index contributed by atoms with van der Waals surface area (Å²) in [5.41, 5.74) is 1.17. The summed E-state index contributed by atoms with van der Waals surface area (Å²) in [6.45, 7) is 5.69. The molecule has 0 radical (unpaired) electrons. The average molecular weight is 262 g/mol. The molecule has 4 nitrogen and oxygen atoms in total. The van der Waals surface area contributed by atoms with Crippen LogP contribution in [0.3, 0.4) is 0 Å². The monoisotopic (exact) mass is 262 g/mol. The Balaban J connectivity index is 1.85. The molecule has 1 aromatic rings. The number of benzene rings is 1. The highest BCUT2D eigenvalue weighted by Gasteiger charge is 2.17. The molecule has 1 saturated heterocycles. The van der Waals surface area contributed by atoms with Crippen molar-refractivity contribution in [3.8, 4) is 0 Å². The zero-order valence-corrected chi connectivity index (χ0v) is 11.5. The molecule has 0 aromatic heterocycles. The highest BCUT2D eigenvalue weighted by Crippen LogP contribution is 2.15. The van der Waals surface area contributed by atoms with Crippen molar-refractivity contribution in [2.75, 3.05) is 32.8 Å². The van der Waals surface area contributed by atoms with Gasteiger partial charge in [0, 0.05) is 13.1 Å². The van der Waals surface area contributed by atoms with Crippen molar-refractivity contribution in [3.05, 3.63) is 35.9 Å². The second kappa shape index (κ2) is 7.26. The average Bonchev–Trinajstić information content (AvgIpc) is 2.47. The van der Waals surface area contributed by atoms with Gasteiger partial charge in [-0.3, -0.25) is 9.69 Å². The third kappa shape index (κ3) is 4.33. The first-order chi connectivity index (χ1) is 9.29. The van der Waals surface area contributed by atoms with E-state index >= 15 is 0 Å². The standard InChI is InChI=1S/C15H22N2O2/c1-2-14(13-6-4-3-5-7-13)16-15(18)12-17-8-10-19-11-9-17/h3-7,14H,2,8-12H2,1H3,(H,16,18). The van der Waals surface area contributed by atoms with E-state index in [2.05, 4.69) is 29.3 Å². The van der Waals surface area contributed by atoms with Gasteiger partial charge in [-0.2, -0.15) is 0 Å². The molecule has 104 valence electrons. The van der Waals surface area contributed by atoms with Gasteiger partial charge in [0.05, 0.1) is 25.8 Å². The predicted molar refractivity (Wildman–Crippen MR) is 74.9 cm³/mol. The maximum atomic E-state index is 12.1. The number of carbonyl (C=O) groups is 1. The molecule has 1 unspecified atom stereocenters. The fourth-order valence-corrected chi connectivity index (χ4v) is 2.31. The van der Waals surface area contributed by atoms with Gasteiger partial charge in [0.2, 0.25) is 5.91 Å². The van der Waals surface area contributed by atoms with Crippen LogP contribution in [-0.4, -0.2) is 43.7 Å². The first-order valence-corrected chi connectivity index (χ1v) is 6.94. The smallest absolute Gasteiger partial charge is 0.234 e. The van der Waals surface area contributed by atoms with Crippen LogP contribution in [-0.2, 0) is 9.53 Å². The summed E-state index contributed by atoms with van der Waals surface area (Å²) in [6.07, 6.45) is 0.902. The number of hydrogen-bond donors (Lipinski definition) is 1. The minimum absolute atomic E-state index is 0.0950. The molecule has 2 rings (SSSR count). The SMILES string of the molecule is CCC(NC(=O)CN1CCOCC1)c1ccccc1. The number of carbonyl (C=O) groups excluding carboxylic acids is 1. The fourth-order valence-electron chi connectivity index (χ4n) is 2.31. The molecular formula is C15H22N2O2.